The lowest BCUT2D eigenvalue weighted by Gasteiger charge is -2.28. The highest BCUT2D eigenvalue weighted by atomic mass is 16.3. The molecular weight excluding hydrogens is 789 g/mol. The SMILES string of the molecule is c1ccc(-c2ccccc2N(c2ccc(-c3ccc4c(ccc5ccccc54)c3)cc2)c2cccc(-c3cccc4c3c3ccccc3n4-c3cccc4c3oc3ccccc34)c2)cc1. The van der Waals surface area contributed by atoms with Gasteiger partial charge in [-0.25, -0.2) is 0 Å². The molecule has 11 aromatic carbocycles. The van der Waals surface area contributed by atoms with Crippen LogP contribution in [-0.4, -0.2) is 4.57 Å². The minimum Gasteiger partial charge on any atom is -0.454 e. The van der Waals surface area contributed by atoms with Crippen molar-refractivity contribution in [1.82, 2.24) is 4.57 Å². The maximum Gasteiger partial charge on any atom is 0.159 e. The standard InChI is InChI=1S/C62H40N2O/c1-2-15-42(16-3-1)51-21-6-9-26-56(51)63(47-36-33-41(34-37-47)44-35-38-50-46(39-44)32-31-43-17-4-5-20-49(43)50)48-19-12-18-45(40-48)52-24-13-28-58-61(52)55-23-7-10-27-57(55)64(58)59-29-14-25-54-53-22-8-11-30-60(53)65-62(54)59/h1-40H. The molecule has 13 rings (SSSR count). The van der Waals surface area contributed by atoms with Crippen molar-refractivity contribution in [2.24, 2.45) is 0 Å². The molecule has 0 N–H and O–H groups in total. The molecule has 0 aliphatic carbocycles. The van der Waals surface area contributed by atoms with Gasteiger partial charge < -0.3 is 13.9 Å². The van der Waals surface area contributed by atoms with E-state index in [-0.39, 0.29) is 0 Å². The van der Waals surface area contributed by atoms with Gasteiger partial charge in [0.2, 0.25) is 0 Å². The Morgan fingerprint density at radius 3 is 1.89 bits per heavy atom. The van der Waals surface area contributed by atoms with Gasteiger partial charge in [-0.05, 0) is 110 Å². The van der Waals surface area contributed by atoms with Gasteiger partial charge in [0.15, 0.2) is 5.58 Å². The molecule has 3 heteroatoms. The number of hydrogen-bond acceptors (Lipinski definition) is 2. The van der Waals surface area contributed by atoms with E-state index in [1.54, 1.807) is 0 Å². The fourth-order valence-electron chi connectivity index (χ4n) is 10.2. The van der Waals surface area contributed by atoms with Crippen LogP contribution in [0, 0.1) is 0 Å². The predicted molar refractivity (Wildman–Crippen MR) is 274 cm³/mol. The summed E-state index contributed by atoms with van der Waals surface area (Å²) in [5, 5.41) is 9.70. The van der Waals surface area contributed by atoms with E-state index in [0.717, 1.165) is 66.8 Å². The molecular formula is C62H40N2O. The molecule has 13 aromatic rings. The lowest BCUT2D eigenvalue weighted by atomic mass is 9.96. The van der Waals surface area contributed by atoms with Crippen molar-refractivity contribution in [1.29, 1.82) is 0 Å². The van der Waals surface area contributed by atoms with Gasteiger partial charge in [0.1, 0.15) is 5.58 Å². The molecule has 0 unspecified atom stereocenters. The smallest absolute Gasteiger partial charge is 0.159 e. The Labute approximate surface area is 376 Å². The van der Waals surface area contributed by atoms with Crippen LogP contribution >= 0.6 is 0 Å². The van der Waals surface area contributed by atoms with Crippen molar-refractivity contribution in [3.05, 3.63) is 243 Å². The normalized spacial score (nSPS) is 11.7. The number of para-hydroxylation sites is 4. The Balaban J connectivity index is 0.968. The number of fused-ring (bicyclic) bond motifs is 9. The molecule has 0 saturated carbocycles. The van der Waals surface area contributed by atoms with Gasteiger partial charge in [0.25, 0.3) is 0 Å². The molecule has 0 fully saturated rings. The summed E-state index contributed by atoms with van der Waals surface area (Å²) in [5.41, 5.74) is 15.3. The van der Waals surface area contributed by atoms with Gasteiger partial charge in [-0.2, -0.15) is 0 Å². The van der Waals surface area contributed by atoms with Crippen molar-refractivity contribution >= 4 is 82.4 Å². The highest BCUT2D eigenvalue weighted by Gasteiger charge is 2.22. The highest BCUT2D eigenvalue weighted by Crippen LogP contribution is 2.45. The van der Waals surface area contributed by atoms with Gasteiger partial charge in [-0.3, -0.25) is 0 Å². The second kappa shape index (κ2) is 15.0. The first-order valence-corrected chi connectivity index (χ1v) is 22.2. The lowest BCUT2D eigenvalue weighted by Crippen LogP contribution is -2.11. The number of aromatic nitrogens is 1. The summed E-state index contributed by atoms with van der Waals surface area (Å²) in [6.45, 7) is 0. The first-order valence-electron chi connectivity index (χ1n) is 22.2. The topological polar surface area (TPSA) is 21.3 Å². The van der Waals surface area contributed by atoms with E-state index in [1.165, 1.54) is 54.6 Å². The summed E-state index contributed by atoms with van der Waals surface area (Å²) in [5.74, 6) is 0. The molecule has 2 heterocycles. The average molecular weight is 829 g/mol. The van der Waals surface area contributed by atoms with Gasteiger partial charge in [-0.1, -0.05) is 182 Å². The van der Waals surface area contributed by atoms with Crippen LogP contribution in [0.1, 0.15) is 0 Å². The number of hydrogen-bond donors (Lipinski definition) is 0. The summed E-state index contributed by atoms with van der Waals surface area (Å²) in [6, 6.07) is 87.7. The number of rotatable bonds is 7. The van der Waals surface area contributed by atoms with Crippen LogP contribution in [-0.2, 0) is 0 Å². The van der Waals surface area contributed by atoms with Crippen LogP contribution in [0.5, 0.6) is 0 Å². The second-order valence-electron chi connectivity index (χ2n) is 16.8. The molecule has 0 radical (unpaired) electrons. The molecule has 304 valence electrons. The highest BCUT2D eigenvalue weighted by molar-refractivity contribution is 6.17. The maximum atomic E-state index is 6.62. The van der Waals surface area contributed by atoms with Crippen LogP contribution in [0.15, 0.2) is 247 Å². The summed E-state index contributed by atoms with van der Waals surface area (Å²) in [6.07, 6.45) is 0. The van der Waals surface area contributed by atoms with Gasteiger partial charge in [0, 0.05) is 38.5 Å². The average Bonchev–Trinajstić information content (AvgIpc) is 3.93. The predicted octanol–water partition coefficient (Wildman–Crippen LogP) is 17.5. The quantitative estimate of drug-likeness (QED) is 0.149. The van der Waals surface area contributed by atoms with Crippen molar-refractivity contribution in [3.8, 4) is 39.1 Å². The first kappa shape index (κ1) is 36.9. The Kier molecular flexibility index (Phi) is 8.53. The van der Waals surface area contributed by atoms with E-state index in [2.05, 4.69) is 246 Å². The molecule has 3 nitrogen and oxygen atoms in total. The fourth-order valence-corrected chi connectivity index (χ4v) is 10.2. The summed E-state index contributed by atoms with van der Waals surface area (Å²) >= 11 is 0. The van der Waals surface area contributed by atoms with Crippen LogP contribution in [0.2, 0.25) is 0 Å². The molecule has 65 heavy (non-hydrogen) atoms. The van der Waals surface area contributed by atoms with Crippen LogP contribution in [0.25, 0.3) is 104 Å². The van der Waals surface area contributed by atoms with Crippen molar-refractivity contribution in [2.75, 3.05) is 4.90 Å². The third-order valence-electron chi connectivity index (χ3n) is 13.2. The fraction of sp³-hybridized carbons (Fsp3) is 0. The third kappa shape index (κ3) is 6.05. The molecule has 0 aliphatic rings. The largest absolute Gasteiger partial charge is 0.454 e. The molecule has 0 bridgehead atoms. The Hall–Kier alpha value is -8.66. The van der Waals surface area contributed by atoms with Crippen molar-refractivity contribution < 1.29 is 4.42 Å². The van der Waals surface area contributed by atoms with Crippen LogP contribution in [0.3, 0.4) is 0 Å². The monoisotopic (exact) mass is 828 g/mol. The van der Waals surface area contributed by atoms with E-state index in [1.807, 2.05) is 6.07 Å². The third-order valence-corrected chi connectivity index (χ3v) is 13.2. The Morgan fingerprint density at radius 1 is 0.338 bits per heavy atom. The zero-order chi connectivity index (χ0) is 42.8. The summed E-state index contributed by atoms with van der Waals surface area (Å²) in [4.78, 5) is 2.41. The molecule has 0 aliphatic heterocycles. The number of anilines is 3. The van der Waals surface area contributed by atoms with E-state index in [4.69, 9.17) is 4.42 Å². The van der Waals surface area contributed by atoms with Gasteiger partial charge in [0.05, 0.1) is 22.4 Å². The second-order valence-corrected chi connectivity index (χ2v) is 16.8. The lowest BCUT2D eigenvalue weighted by molar-refractivity contribution is 0.666. The molecule has 0 amide bonds. The Bertz CT molecular complexity index is 3950. The van der Waals surface area contributed by atoms with Crippen LogP contribution < -0.4 is 4.90 Å². The van der Waals surface area contributed by atoms with E-state index >= 15 is 0 Å². The number of benzene rings is 11. The van der Waals surface area contributed by atoms with E-state index in [9.17, 15) is 0 Å². The van der Waals surface area contributed by atoms with Crippen molar-refractivity contribution in [2.45, 2.75) is 0 Å². The van der Waals surface area contributed by atoms with Crippen LogP contribution in [0.4, 0.5) is 17.1 Å². The van der Waals surface area contributed by atoms with Crippen molar-refractivity contribution in [3.63, 3.8) is 0 Å². The van der Waals surface area contributed by atoms with E-state index < -0.39 is 0 Å². The first-order chi connectivity index (χ1) is 32.2. The molecule has 0 spiro atoms. The number of nitrogens with zero attached hydrogens (tertiary/aromatic N) is 2. The summed E-state index contributed by atoms with van der Waals surface area (Å²) < 4.78 is 9.00. The minimum absolute atomic E-state index is 0.886. The zero-order valence-corrected chi connectivity index (χ0v) is 35.4. The summed E-state index contributed by atoms with van der Waals surface area (Å²) in [7, 11) is 0. The zero-order valence-electron chi connectivity index (χ0n) is 35.4. The number of furan rings is 1. The molecule has 0 atom stereocenters. The van der Waals surface area contributed by atoms with Gasteiger partial charge >= 0.3 is 0 Å². The molecule has 0 saturated heterocycles. The maximum absolute atomic E-state index is 6.62. The van der Waals surface area contributed by atoms with E-state index in [0.29, 0.717) is 0 Å². The van der Waals surface area contributed by atoms with Gasteiger partial charge in [-0.15, -0.1) is 0 Å². The minimum atomic E-state index is 0.886. The molecule has 2 aromatic heterocycles. The Morgan fingerprint density at radius 2 is 0.985 bits per heavy atom.